The average molecular weight is 456 g/mol. The highest BCUT2D eigenvalue weighted by atomic mass is 16.6. The SMILES string of the molecule is CCCCCCCCCCCCCCOc1ccc(-c2ccc(C(=O)O)cc2)cc1[N+](=O)[O-]. The maximum atomic E-state index is 11.5. The lowest BCUT2D eigenvalue weighted by Crippen LogP contribution is -2.01. The van der Waals surface area contributed by atoms with Gasteiger partial charge in [0.25, 0.3) is 0 Å². The fourth-order valence-electron chi connectivity index (χ4n) is 3.89. The number of nitrogens with zero attached hydrogens (tertiary/aromatic N) is 1. The minimum atomic E-state index is -1.01. The Balaban J connectivity index is 1.71. The number of benzene rings is 2. The number of nitro groups is 1. The van der Waals surface area contributed by atoms with Gasteiger partial charge >= 0.3 is 11.7 Å². The molecule has 0 radical (unpaired) electrons. The summed E-state index contributed by atoms with van der Waals surface area (Å²) in [6, 6.07) is 11.1. The van der Waals surface area contributed by atoms with Crippen molar-refractivity contribution in [2.24, 2.45) is 0 Å². The lowest BCUT2D eigenvalue weighted by atomic mass is 10.0. The number of unbranched alkanes of at least 4 members (excludes halogenated alkanes) is 11. The van der Waals surface area contributed by atoms with Crippen molar-refractivity contribution in [1.82, 2.24) is 0 Å². The first kappa shape index (κ1) is 26.4. The maximum absolute atomic E-state index is 11.5. The van der Waals surface area contributed by atoms with Crippen molar-refractivity contribution in [3.8, 4) is 16.9 Å². The van der Waals surface area contributed by atoms with Gasteiger partial charge in [-0.25, -0.2) is 4.79 Å². The van der Waals surface area contributed by atoms with Crippen LogP contribution in [0, 0.1) is 10.1 Å². The number of hydrogen-bond donors (Lipinski definition) is 1. The second kappa shape index (κ2) is 15.0. The van der Waals surface area contributed by atoms with Crippen LogP contribution in [0.15, 0.2) is 42.5 Å². The Morgan fingerprint density at radius 1 is 0.818 bits per heavy atom. The number of aromatic carboxylic acids is 1. The zero-order chi connectivity index (χ0) is 23.9. The van der Waals surface area contributed by atoms with Crippen molar-refractivity contribution in [1.29, 1.82) is 0 Å². The van der Waals surface area contributed by atoms with Crippen LogP contribution in [0.25, 0.3) is 11.1 Å². The third-order valence-corrected chi connectivity index (χ3v) is 5.88. The molecule has 1 N–H and O–H groups in total. The molecule has 0 aliphatic carbocycles. The molecule has 0 unspecified atom stereocenters. The van der Waals surface area contributed by atoms with Crippen molar-refractivity contribution in [3.63, 3.8) is 0 Å². The lowest BCUT2D eigenvalue weighted by molar-refractivity contribution is -0.385. The topological polar surface area (TPSA) is 89.7 Å². The van der Waals surface area contributed by atoms with Crippen LogP contribution in [0.3, 0.4) is 0 Å². The fraction of sp³-hybridized carbons (Fsp3) is 0.519. The summed E-state index contributed by atoms with van der Waals surface area (Å²) >= 11 is 0. The zero-order valence-corrected chi connectivity index (χ0v) is 19.8. The predicted octanol–water partition coefficient (Wildman–Crippen LogP) is 8.04. The molecule has 2 aromatic carbocycles. The summed E-state index contributed by atoms with van der Waals surface area (Å²) < 4.78 is 5.71. The van der Waals surface area contributed by atoms with Gasteiger partial charge in [-0.1, -0.05) is 95.8 Å². The van der Waals surface area contributed by atoms with Crippen LogP contribution < -0.4 is 4.74 Å². The van der Waals surface area contributed by atoms with E-state index in [1.165, 1.54) is 82.4 Å². The van der Waals surface area contributed by atoms with E-state index >= 15 is 0 Å². The van der Waals surface area contributed by atoms with E-state index in [2.05, 4.69) is 6.92 Å². The minimum Gasteiger partial charge on any atom is -0.487 e. The summed E-state index contributed by atoms with van der Waals surface area (Å²) in [6.07, 6.45) is 15.1. The number of carboxylic acids is 1. The third-order valence-electron chi connectivity index (χ3n) is 5.88. The summed E-state index contributed by atoms with van der Waals surface area (Å²) in [5.74, 6) is -0.733. The van der Waals surface area contributed by atoms with E-state index in [0.29, 0.717) is 12.2 Å². The molecule has 0 bridgehead atoms. The minimum absolute atomic E-state index is 0.0752. The Kier molecular flexibility index (Phi) is 12.0. The Morgan fingerprint density at radius 3 is 1.85 bits per heavy atom. The molecule has 0 aliphatic heterocycles. The highest BCUT2D eigenvalue weighted by Crippen LogP contribution is 2.32. The third kappa shape index (κ3) is 9.64. The molecule has 180 valence electrons. The van der Waals surface area contributed by atoms with Crippen molar-refractivity contribution < 1.29 is 19.6 Å². The number of rotatable bonds is 17. The van der Waals surface area contributed by atoms with Crippen LogP contribution in [0.5, 0.6) is 5.75 Å². The Morgan fingerprint density at radius 2 is 1.33 bits per heavy atom. The van der Waals surface area contributed by atoms with Gasteiger partial charge in [0.1, 0.15) is 0 Å². The highest BCUT2D eigenvalue weighted by molar-refractivity contribution is 5.88. The van der Waals surface area contributed by atoms with Gasteiger partial charge in [0.15, 0.2) is 5.75 Å². The Hall–Kier alpha value is -2.89. The van der Waals surface area contributed by atoms with Crippen molar-refractivity contribution in [2.45, 2.75) is 84.0 Å². The number of nitro benzene ring substituents is 1. The second-order valence-corrected chi connectivity index (χ2v) is 8.56. The first-order valence-corrected chi connectivity index (χ1v) is 12.3. The molecule has 0 atom stereocenters. The van der Waals surface area contributed by atoms with Crippen LogP contribution in [-0.4, -0.2) is 22.6 Å². The van der Waals surface area contributed by atoms with Crippen molar-refractivity contribution >= 4 is 11.7 Å². The van der Waals surface area contributed by atoms with E-state index in [4.69, 9.17) is 9.84 Å². The maximum Gasteiger partial charge on any atom is 0.335 e. The lowest BCUT2D eigenvalue weighted by Gasteiger charge is -2.09. The standard InChI is InChI=1S/C27H37NO5/c1-2-3-4-5-6-7-8-9-10-11-12-13-20-33-26-19-18-24(21-25(26)28(31)32)22-14-16-23(17-15-22)27(29)30/h14-19,21H,2-13,20H2,1H3,(H,29,30). The molecule has 6 heteroatoms. The van der Waals surface area contributed by atoms with E-state index in [9.17, 15) is 14.9 Å². The van der Waals surface area contributed by atoms with Gasteiger partial charge in [-0.2, -0.15) is 0 Å². The molecule has 0 fully saturated rings. The van der Waals surface area contributed by atoms with Crippen molar-refractivity contribution in [3.05, 3.63) is 58.1 Å². The first-order valence-electron chi connectivity index (χ1n) is 12.3. The molecular formula is C27H37NO5. The molecule has 0 saturated carbocycles. The largest absolute Gasteiger partial charge is 0.487 e. The van der Waals surface area contributed by atoms with Crippen LogP contribution in [0.2, 0.25) is 0 Å². The molecule has 0 heterocycles. The average Bonchev–Trinajstić information content (AvgIpc) is 2.82. The van der Waals surface area contributed by atoms with E-state index in [0.717, 1.165) is 18.4 Å². The smallest absolute Gasteiger partial charge is 0.335 e. The van der Waals surface area contributed by atoms with Crippen LogP contribution in [0.4, 0.5) is 5.69 Å². The van der Waals surface area contributed by atoms with E-state index in [1.807, 2.05) is 0 Å². The predicted molar refractivity (Wildman–Crippen MR) is 132 cm³/mol. The summed E-state index contributed by atoms with van der Waals surface area (Å²) in [4.78, 5) is 22.1. The molecule has 2 aromatic rings. The molecule has 0 amide bonds. The van der Waals surface area contributed by atoms with Gasteiger partial charge in [0.05, 0.1) is 17.1 Å². The quantitative estimate of drug-likeness (QED) is 0.148. The highest BCUT2D eigenvalue weighted by Gasteiger charge is 2.17. The summed E-state index contributed by atoms with van der Waals surface area (Å²) in [6.45, 7) is 2.71. The first-order chi connectivity index (χ1) is 16.0. The van der Waals surface area contributed by atoms with Gasteiger partial charge in [0.2, 0.25) is 0 Å². The van der Waals surface area contributed by atoms with Gasteiger partial charge in [-0.3, -0.25) is 10.1 Å². The molecule has 0 aliphatic rings. The van der Waals surface area contributed by atoms with E-state index < -0.39 is 10.9 Å². The van der Waals surface area contributed by atoms with Crippen molar-refractivity contribution in [2.75, 3.05) is 6.61 Å². The molecule has 0 spiro atoms. The number of hydrogen-bond acceptors (Lipinski definition) is 4. The van der Waals surface area contributed by atoms with Crippen LogP contribution >= 0.6 is 0 Å². The zero-order valence-electron chi connectivity index (χ0n) is 19.8. The van der Waals surface area contributed by atoms with E-state index in [1.54, 1.807) is 24.3 Å². The van der Waals surface area contributed by atoms with E-state index in [-0.39, 0.29) is 17.0 Å². The molecule has 2 rings (SSSR count). The fourth-order valence-corrected chi connectivity index (χ4v) is 3.89. The van der Waals surface area contributed by atoms with Crippen LogP contribution in [0.1, 0.15) is 94.3 Å². The van der Waals surface area contributed by atoms with Gasteiger partial charge in [-0.05, 0) is 35.7 Å². The number of carbonyl (C=O) groups is 1. The van der Waals surface area contributed by atoms with Gasteiger partial charge in [-0.15, -0.1) is 0 Å². The molecule has 0 aromatic heterocycles. The molecule has 0 saturated heterocycles. The summed E-state index contributed by atoms with van der Waals surface area (Å²) in [5.41, 5.74) is 1.47. The van der Waals surface area contributed by atoms with Gasteiger partial charge in [0, 0.05) is 6.07 Å². The Bertz CT molecular complexity index is 863. The molecular weight excluding hydrogens is 418 g/mol. The molecule has 33 heavy (non-hydrogen) atoms. The van der Waals surface area contributed by atoms with Crippen LogP contribution in [-0.2, 0) is 0 Å². The Labute approximate surface area is 197 Å². The summed E-state index contributed by atoms with van der Waals surface area (Å²) in [5, 5.41) is 20.5. The van der Waals surface area contributed by atoms with Gasteiger partial charge < -0.3 is 9.84 Å². The second-order valence-electron chi connectivity index (χ2n) is 8.56. The summed E-state index contributed by atoms with van der Waals surface area (Å²) in [7, 11) is 0. The normalized spacial score (nSPS) is 10.8. The molecule has 6 nitrogen and oxygen atoms in total. The number of carboxylic acid groups (broad SMARTS) is 1. The number of ether oxygens (including phenoxy) is 1. The monoisotopic (exact) mass is 455 g/mol.